The molecule has 2 heterocycles. The van der Waals surface area contributed by atoms with Crippen LogP contribution in [0.4, 0.5) is 5.95 Å². The molecule has 0 bridgehead atoms. The van der Waals surface area contributed by atoms with E-state index in [4.69, 9.17) is 9.47 Å². The van der Waals surface area contributed by atoms with Crippen molar-refractivity contribution in [3.05, 3.63) is 48.2 Å². The Balaban J connectivity index is 1.48. The Bertz CT molecular complexity index is 985. The van der Waals surface area contributed by atoms with Gasteiger partial charge in [0, 0.05) is 37.2 Å². The van der Waals surface area contributed by atoms with Crippen LogP contribution in [0.2, 0.25) is 0 Å². The minimum Gasteiger partial charge on any atom is -0.497 e. The molecule has 3 aromatic rings. The SMILES string of the molecule is COc1ccc(CNC(=O)CCC(=O)Nc2nnc3ccccn23)c(OC)c1. The van der Waals surface area contributed by atoms with Crippen molar-refractivity contribution in [2.75, 3.05) is 19.5 Å². The summed E-state index contributed by atoms with van der Waals surface area (Å²) in [6, 6.07) is 10.8. The minimum atomic E-state index is -0.310. The first kappa shape index (κ1) is 19.2. The van der Waals surface area contributed by atoms with Crippen LogP contribution >= 0.6 is 0 Å². The molecule has 28 heavy (non-hydrogen) atoms. The summed E-state index contributed by atoms with van der Waals surface area (Å²) in [6.45, 7) is 0.294. The van der Waals surface area contributed by atoms with Crippen molar-refractivity contribution in [1.82, 2.24) is 19.9 Å². The van der Waals surface area contributed by atoms with E-state index in [1.54, 1.807) is 43.0 Å². The lowest BCUT2D eigenvalue weighted by molar-refractivity contribution is -0.124. The van der Waals surface area contributed by atoms with Crippen LogP contribution in [0.25, 0.3) is 5.65 Å². The molecule has 146 valence electrons. The van der Waals surface area contributed by atoms with Crippen molar-refractivity contribution in [2.24, 2.45) is 0 Å². The van der Waals surface area contributed by atoms with E-state index in [2.05, 4.69) is 20.8 Å². The number of methoxy groups -OCH3 is 2. The van der Waals surface area contributed by atoms with Crippen molar-refractivity contribution in [3.8, 4) is 11.5 Å². The lowest BCUT2D eigenvalue weighted by Crippen LogP contribution is -2.25. The number of fused-ring (bicyclic) bond motifs is 1. The Kier molecular flexibility index (Phi) is 6.05. The fourth-order valence-corrected chi connectivity index (χ4v) is 2.62. The fourth-order valence-electron chi connectivity index (χ4n) is 2.62. The molecule has 0 saturated carbocycles. The van der Waals surface area contributed by atoms with Gasteiger partial charge in [-0.1, -0.05) is 6.07 Å². The molecule has 0 aliphatic rings. The lowest BCUT2D eigenvalue weighted by Gasteiger charge is -2.11. The maximum Gasteiger partial charge on any atom is 0.235 e. The van der Waals surface area contributed by atoms with Gasteiger partial charge in [-0.05, 0) is 24.3 Å². The van der Waals surface area contributed by atoms with Gasteiger partial charge in [-0.25, -0.2) is 0 Å². The van der Waals surface area contributed by atoms with Crippen molar-refractivity contribution >= 4 is 23.4 Å². The fraction of sp³-hybridized carbons (Fsp3) is 0.263. The Labute approximate surface area is 161 Å². The Morgan fingerprint density at radius 3 is 2.64 bits per heavy atom. The number of carbonyl (C=O) groups excluding carboxylic acids is 2. The average molecular weight is 383 g/mol. The number of aromatic nitrogens is 3. The van der Waals surface area contributed by atoms with Crippen molar-refractivity contribution in [3.63, 3.8) is 0 Å². The van der Waals surface area contributed by atoms with Crippen LogP contribution in [-0.4, -0.2) is 40.6 Å². The number of carbonyl (C=O) groups is 2. The molecule has 3 rings (SSSR count). The predicted octanol–water partition coefficient (Wildman–Crippen LogP) is 1.78. The summed E-state index contributed by atoms with van der Waals surface area (Å²) < 4.78 is 12.1. The molecule has 9 nitrogen and oxygen atoms in total. The third-order valence-corrected chi connectivity index (χ3v) is 4.11. The summed E-state index contributed by atoms with van der Waals surface area (Å²) in [7, 11) is 3.13. The van der Waals surface area contributed by atoms with Crippen LogP contribution in [0, 0.1) is 0 Å². The van der Waals surface area contributed by atoms with E-state index in [0.717, 1.165) is 5.56 Å². The van der Waals surface area contributed by atoms with Crippen LogP contribution in [-0.2, 0) is 16.1 Å². The first-order valence-electron chi connectivity index (χ1n) is 8.68. The normalized spacial score (nSPS) is 10.5. The second-order valence-corrected chi connectivity index (χ2v) is 5.96. The number of rotatable bonds is 8. The molecule has 2 aromatic heterocycles. The molecule has 2 N–H and O–H groups in total. The van der Waals surface area contributed by atoms with E-state index in [0.29, 0.717) is 29.6 Å². The molecular formula is C19H21N5O4. The Hall–Kier alpha value is -3.62. The molecule has 0 saturated heterocycles. The summed E-state index contributed by atoms with van der Waals surface area (Å²) in [5, 5.41) is 13.3. The van der Waals surface area contributed by atoms with Crippen LogP contribution in [0.3, 0.4) is 0 Å². The van der Waals surface area contributed by atoms with Crippen molar-refractivity contribution in [2.45, 2.75) is 19.4 Å². The van der Waals surface area contributed by atoms with Crippen molar-refractivity contribution in [1.29, 1.82) is 0 Å². The van der Waals surface area contributed by atoms with Crippen LogP contribution in [0.5, 0.6) is 11.5 Å². The smallest absolute Gasteiger partial charge is 0.235 e. The molecule has 9 heteroatoms. The average Bonchev–Trinajstić information content (AvgIpc) is 3.13. The number of hydrogen-bond donors (Lipinski definition) is 2. The first-order valence-corrected chi connectivity index (χ1v) is 8.68. The third kappa shape index (κ3) is 4.56. The van der Waals surface area contributed by atoms with Gasteiger partial charge in [0.05, 0.1) is 14.2 Å². The Morgan fingerprint density at radius 2 is 1.86 bits per heavy atom. The molecule has 0 aliphatic carbocycles. The first-order chi connectivity index (χ1) is 13.6. The quantitative estimate of drug-likeness (QED) is 0.614. The van der Waals surface area contributed by atoms with E-state index in [-0.39, 0.29) is 24.7 Å². The third-order valence-electron chi connectivity index (χ3n) is 4.11. The molecule has 2 amide bonds. The number of ether oxygens (including phenoxy) is 2. The highest BCUT2D eigenvalue weighted by molar-refractivity contribution is 5.92. The van der Waals surface area contributed by atoms with Gasteiger partial charge in [0.25, 0.3) is 0 Å². The van der Waals surface area contributed by atoms with Gasteiger partial charge in [-0.15, -0.1) is 10.2 Å². The van der Waals surface area contributed by atoms with E-state index in [1.165, 1.54) is 0 Å². The minimum absolute atomic E-state index is 0.0350. The molecule has 1 aromatic carbocycles. The summed E-state index contributed by atoms with van der Waals surface area (Å²) >= 11 is 0. The van der Waals surface area contributed by atoms with Gasteiger partial charge in [0.1, 0.15) is 11.5 Å². The zero-order chi connectivity index (χ0) is 19.9. The number of nitrogens with zero attached hydrogens (tertiary/aromatic N) is 3. The van der Waals surface area contributed by atoms with Gasteiger partial charge < -0.3 is 14.8 Å². The number of amides is 2. The topological polar surface area (TPSA) is 107 Å². The maximum absolute atomic E-state index is 12.1. The number of anilines is 1. The van der Waals surface area contributed by atoms with Crippen LogP contribution < -0.4 is 20.1 Å². The standard InChI is InChI=1S/C19H21N5O4/c1-27-14-7-6-13(15(11-14)28-2)12-20-17(25)8-9-18(26)21-19-23-22-16-5-3-4-10-24(16)19/h3-7,10-11H,8-9,12H2,1-2H3,(H,20,25)(H,21,23,26). The Morgan fingerprint density at radius 1 is 1.04 bits per heavy atom. The zero-order valence-corrected chi connectivity index (χ0v) is 15.6. The predicted molar refractivity (Wildman–Crippen MR) is 102 cm³/mol. The highest BCUT2D eigenvalue weighted by Crippen LogP contribution is 2.24. The number of pyridine rings is 1. The van der Waals surface area contributed by atoms with Gasteiger partial charge in [0.2, 0.25) is 17.8 Å². The zero-order valence-electron chi connectivity index (χ0n) is 15.6. The summed E-state index contributed by atoms with van der Waals surface area (Å²) in [4.78, 5) is 24.2. The van der Waals surface area contributed by atoms with Crippen LogP contribution in [0.15, 0.2) is 42.6 Å². The largest absolute Gasteiger partial charge is 0.497 e. The van der Waals surface area contributed by atoms with Crippen LogP contribution in [0.1, 0.15) is 18.4 Å². The summed E-state index contributed by atoms with van der Waals surface area (Å²) in [5.74, 6) is 1.07. The second kappa shape index (κ2) is 8.85. The molecule has 0 fully saturated rings. The summed E-state index contributed by atoms with van der Waals surface area (Å²) in [6.07, 6.45) is 1.84. The number of nitrogens with one attached hydrogen (secondary N) is 2. The highest BCUT2D eigenvalue weighted by Gasteiger charge is 2.12. The second-order valence-electron chi connectivity index (χ2n) is 5.96. The van der Waals surface area contributed by atoms with Crippen molar-refractivity contribution < 1.29 is 19.1 Å². The van der Waals surface area contributed by atoms with E-state index >= 15 is 0 Å². The van der Waals surface area contributed by atoms with Gasteiger partial charge in [0.15, 0.2) is 5.65 Å². The summed E-state index contributed by atoms with van der Waals surface area (Å²) in [5.41, 5.74) is 1.44. The van der Waals surface area contributed by atoms with Gasteiger partial charge in [-0.3, -0.25) is 19.3 Å². The monoisotopic (exact) mass is 383 g/mol. The number of hydrogen-bond acceptors (Lipinski definition) is 6. The highest BCUT2D eigenvalue weighted by atomic mass is 16.5. The molecule has 0 atom stereocenters. The lowest BCUT2D eigenvalue weighted by atomic mass is 10.2. The van der Waals surface area contributed by atoms with E-state index in [9.17, 15) is 9.59 Å². The molecule has 0 radical (unpaired) electrons. The van der Waals surface area contributed by atoms with E-state index < -0.39 is 0 Å². The molecule has 0 unspecified atom stereocenters. The molecule has 0 aliphatic heterocycles. The van der Waals surface area contributed by atoms with Gasteiger partial charge >= 0.3 is 0 Å². The number of benzene rings is 1. The van der Waals surface area contributed by atoms with Gasteiger partial charge in [-0.2, -0.15) is 0 Å². The maximum atomic E-state index is 12.1. The molecule has 0 spiro atoms. The van der Waals surface area contributed by atoms with E-state index in [1.807, 2.05) is 18.2 Å². The molecular weight excluding hydrogens is 362 g/mol.